The second kappa shape index (κ2) is 20.8. The molecule has 2 nitrogen and oxygen atoms in total. The topological polar surface area (TPSA) is 15.3 Å². The lowest BCUT2D eigenvalue weighted by atomic mass is 9.66. The largest absolute Gasteiger partial charge is 0.311 e. The van der Waals surface area contributed by atoms with Gasteiger partial charge in [-0.05, 0) is 88.6 Å². The molecule has 37 heavy (non-hydrogen) atoms. The minimum Gasteiger partial charge on any atom is -0.311 e. The number of nitrogens with one attached hydrogen (secondary N) is 1. The van der Waals surface area contributed by atoms with Gasteiger partial charge < -0.3 is 10.2 Å². The van der Waals surface area contributed by atoms with Crippen molar-refractivity contribution in [3.63, 3.8) is 0 Å². The molecule has 2 fully saturated rings. The first-order chi connectivity index (χ1) is 18.1. The van der Waals surface area contributed by atoms with Crippen molar-refractivity contribution in [1.82, 2.24) is 10.2 Å². The number of piperidine rings is 1. The van der Waals surface area contributed by atoms with Crippen molar-refractivity contribution in [3.05, 3.63) is 0 Å². The van der Waals surface area contributed by atoms with Crippen LogP contribution >= 0.6 is 0 Å². The van der Waals surface area contributed by atoms with Gasteiger partial charge in [0.2, 0.25) is 0 Å². The molecule has 220 valence electrons. The summed E-state index contributed by atoms with van der Waals surface area (Å²) in [6, 6.07) is 1.58. The van der Waals surface area contributed by atoms with Gasteiger partial charge in [0.1, 0.15) is 0 Å². The number of unbranched alkanes of at least 4 members (excludes halogenated alkanes) is 10. The molecule has 1 aliphatic heterocycles. The summed E-state index contributed by atoms with van der Waals surface area (Å²) in [5, 5.41) is 4.20. The summed E-state index contributed by atoms with van der Waals surface area (Å²) in [5.41, 5.74) is 0.687. The Morgan fingerprint density at radius 2 is 1.05 bits per heavy atom. The fraction of sp³-hybridized carbons (Fsp3) is 1.00. The first kappa shape index (κ1) is 33.1. The van der Waals surface area contributed by atoms with Gasteiger partial charge in [-0.2, -0.15) is 0 Å². The third-order valence-corrected chi connectivity index (χ3v) is 10.2. The average molecular weight is 519 g/mol. The maximum absolute atomic E-state index is 4.20. The molecule has 1 atom stereocenters. The van der Waals surface area contributed by atoms with Crippen molar-refractivity contribution in [3.8, 4) is 0 Å². The van der Waals surface area contributed by atoms with E-state index in [0.717, 1.165) is 18.0 Å². The van der Waals surface area contributed by atoms with Crippen molar-refractivity contribution in [1.29, 1.82) is 0 Å². The van der Waals surface area contributed by atoms with E-state index >= 15 is 0 Å². The van der Waals surface area contributed by atoms with E-state index in [9.17, 15) is 0 Å². The molecule has 2 rings (SSSR count). The minimum absolute atomic E-state index is 0.687. The van der Waals surface area contributed by atoms with Crippen LogP contribution in [0, 0.1) is 11.3 Å². The highest BCUT2D eigenvalue weighted by Gasteiger charge is 2.38. The second-order valence-corrected chi connectivity index (χ2v) is 13.5. The molecule has 2 heteroatoms. The van der Waals surface area contributed by atoms with Crippen molar-refractivity contribution >= 4 is 0 Å². The molecular weight excluding hydrogens is 448 g/mol. The minimum atomic E-state index is 0.687. The number of rotatable bonds is 22. The van der Waals surface area contributed by atoms with E-state index in [-0.39, 0.29) is 0 Å². The molecule has 1 aliphatic carbocycles. The zero-order valence-electron chi connectivity index (χ0n) is 26.3. The Morgan fingerprint density at radius 1 is 0.595 bits per heavy atom. The standard InChI is InChI=1S/C35H70N2/c1-5-9-13-14-18-22-33(21-17-12-8-4)36-34-23-25-35(26-24-34)27-29-37(30-28-35)31-32(19-15-10-6-2)20-16-11-7-3/h32-34,36H,5-31H2,1-4H3. The van der Waals surface area contributed by atoms with Crippen LogP contribution in [0.25, 0.3) is 0 Å². The van der Waals surface area contributed by atoms with Crippen molar-refractivity contribution in [2.24, 2.45) is 11.3 Å². The zero-order chi connectivity index (χ0) is 26.6. The van der Waals surface area contributed by atoms with E-state index in [1.807, 2.05) is 0 Å². The van der Waals surface area contributed by atoms with Crippen LogP contribution in [-0.4, -0.2) is 36.6 Å². The van der Waals surface area contributed by atoms with Gasteiger partial charge in [-0.25, -0.2) is 0 Å². The van der Waals surface area contributed by atoms with Crippen LogP contribution in [0.3, 0.4) is 0 Å². The summed E-state index contributed by atoms with van der Waals surface area (Å²) < 4.78 is 0. The lowest BCUT2D eigenvalue weighted by molar-refractivity contribution is 0.0479. The van der Waals surface area contributed by atoms with E-state index in [2.05, 4.69) is 37.9 Å². The molecule has 2 aliphatic rings. The highest BCUT2D eigenvalue weighted by Crippen LogP contribution is 2.45. The van der Waals surface area contributed by atoms with Crippen LogP contribution in [0.1, 0.15) is 182 Å². The molecule has 1 N–H and O–H groups in total. The van der Waals surface area contributed by atoms with Gasteiger partial charge in [0.05, 0.1) is 0 Å². The molecule has 0 aromatic carbocycles. The predicted octanol–water partition coefficient (Wildman–Crippen LogP) is 10.7. The number of hydrogen-bond acceptors (Lipinski definition) is 2. The number of nitrogens with zero attached hydrogens (tertiary/aromatic N) is 1. The Bertz CT molecular complexity index is 489. The van der Waals surface area contributed by atoms with E-state index in [4.69, 9.17) is 0 Å². The van der Waals surface area contributed by atoms with E-state index in [1.165, 1.54) is 174 Å². The summed E-state index contributed by atoms with van der Waals surface area (Å²) >= 11 is 0. The molecule has 0 amide bonds. The highest BCUT2D eigenvalue weighted by molar-refractivity contribution is 4.93. The summed E-state index contributed by atoms with van der Waals surface area (Å²) in [6.45, 7) is 13.5. The Kier molecular flexibility index (Phi) is 18.6. The molecule has 1 unspecified atom stereocenters. The summed E-state index contributed by atoms with van der Waals surface area (Å²) in [7, 11) is 0. The molecule has 0 aromatic rings. The van der Waals surface area contributed by atoms with Crippen molar-refractivity contribution in [2.45, 2.75) is 194 Å². The fourth-order valence-electron chi connectivity index (χ4n) is 7.44. The maximum Gasteiger partial charge on any atom is 0.00700 e. The molecule has 1 saturated carbocycles. The Balaban J connectivity index is 1.72. The van der Waals surface area contributed by atoms with Gasteiger partial charge in [0.25, 0.3) is 0 Å². The van der Waals surface area contributed by atoms with Crippen LogP contribution in [0.5, 0.6) is 0 Å². The molecule has 1 saturated heterocycles. The van der Waals surface area contributed by atoms with Crippen LogP contribution in [0.4, 0.5) is 0 Å². The van der Waals surface area contributed by atoms with Gasteiger partial charge in [-0.1, -0.05) is 118 Å². The normalized spacial score (nSPS) is 19.7. The third-order valence-electron chi connectivity index (χ3n) is 10.2. The number of likely N-dealkylation sites (tertiary alicyclic amines) is 1. The van der Waals surface area contributed by atoms with Crippen LogP contribution in [-0.2, 0) is 0 Å². The molecule has 0 radical (unpaired) electrons. The SMILES string of the molecule is CCCCCCCC(CCCCC)NC1CCC2(CC1)CCN(CC(CCCCC)CCCCC)CC2. The lowest BCUT2D eigenvalue weighted by Crippen LogP contribution is -2.47. The quantitative estimate of drug-likeness (QED) is 0.143. The summed E-state index contributed by atoms with van der Waals surface area (Å²) in [4.78, 5) is 2.88. The van der Waals surface area contributed by atoms with Gasteiger partial charge in [-0.15, -0.1) is 0 Å². The van der Waals surface area contributed by atoms with Crippen molar-refractivity contribution in [2.75, 3.05) is 19.6 Å². The molecule has 1 spiro atoms. The van der Waals surface area contributed by atoms with E-state index in [1.54, 1.807) is 0 Å². The lowest BCUT2D eigenvalue weighted by Gasteiger charge is -2.47. The molecule has 1 heterocycles. The molecular formula is C35H70N2. The Hall–Kier alpha value is -0.0800. The zero-order valence-corrected chi connectivity index (χ0v) is 26.3. The molecule has 0 aromatic heterocycles. The first-order valence-electron chi connectivity index (χ1n) is 17.6. The molecule has 0 bridgehead atoms. The Labute approximate surface area is 234 Å². The van der Waals surface area contributed by atoms with Gasteiger partial charge in [0, 0.05) is 18.6 Å². The monoisotopic (exact) mass is 519 g/mol. The number of hydrogen-bond donors (Lipinski definition) is 1. The summed E-state index contributed by atoms with van der Waals surface area (Å²) in [6.07, 6.45) is 34.4. The van der Waals surface area contributed by atoms with Crippen LogP contribution in [0.2, 0.25) is 0 Å². The highest BCUT2D eigenvalue weighted by atomic mass is 15.1. The van der Waals surface area contributed by atoms with Crippen LogP contribution < -0.4 is 5.32 Å². The summed E-state index contributed by atoms with van der Waals surface area (Å²) in [5.74, 6) is 0.957. The van der Waals surface area contributed by atoms with Gasteiger partial charge >= 0.3 is 0 Å². The fourth-order valence-corrected chi connectivity index (χ4v) is 7.44. The van der Waals surface area contributed by atoms with Gasteiger partial charge in [-0.3, -0.25) is 0 Å². The van der Waals surface area contributed by atoms with E-state index in [0.29, 0.717) is 5.41 Å². The second-order valence-electron chi connectivity index (χ2n) is 13.5. The smallest absolute Gasteiger partial charge is 0.00700 e. The van der Waals surface area contributed by atoms with Gasteiger partial charge in [0.15, 0.2) is 0 Å². The predicted molar refractivity (Wildman–Crippen MR) is 167 cm³/mol. The van der Waals surface area contributed by atoms with Crippen molar-refractivity contribution < 1.29 is 0 Å². The van der Waals surface area contributed by atoms with Crippen LogP contribution in [0.15, 0.2) is 0 Å². The third kappa shape index (κ3) is 14.2. The maximum atomic E-state index is 4.20. The average Bonchev–Trinajstić information content (AvgIpc) is 2.91. The van der Waals surface area contributed by atoms with E-state index < -0.39 is 0 Å². The Morgan fingerprint density at radius 3 is 1.59 bits per heavy atom. The first-order valence-corrected chi connectivity index (χ1v) is 17.6.